The van der Waals surface area contributed by atoms with Crippen molar-refractivity contribution in [2.75, 3.05) is 26.0 Å². The minimum absolute atomic E-state index is 0.0223. The first kappa shape index (κ1) is 14.0. The molecule has 0 unspecified atom stereocenters. The van der Waals surface area contributed by atoms with Crippen molar-refractivity contribution in [3.05, 3.63) is 17.0 Å². The number of hydrogen-bond acceptors (Lipinski definition) is 4. The van der Waals surface area contributed by atoms with Crippen LogP contribution in [0, 0.1) is 0 Å². The van der Waals surface area contributed by atoms with Gasteiger partial charge in [0.15, 0.2) is 0 Å². The first-order valence-electron chi connectivity index (χ1n) is 4.97. The number of rotatable bonds is 4. The number of nitrogens with one attached hydrogen (secondary N) is 2. The highest BCUT2D eigenvalue weighted by Gasteiger charge is 2.14. The van der Waals surface area contributed by atoms with Gasteiger partial charge in [-0.05, 0) is 11.4 Å². The Kier molecular flexibility index (Phi) is 4.67. The van der Waals surface area contributed by atoms with Gasteiger partial charge in [0, 0.05) is 14.1 Å². The molecule has 1 aromatic rings. The van der Waals surface area contributed by atoms with Crippen LogP contribution in [0.25, 0.3) is 0 Å². The van der Waals surface area contributed by atoms with E-state index in [9.17, 15) is 14.4 Å². The Hall–Kier alpha value is -2.09. The topological polar surface area (TPSA) is 98.7 Å². The van der Waals surface area contributed by atoms with E-state index in [4.69, 9.17) is 5.11 Å². The molecule has 1 aromatic heterocycles. The molecule has 0 aliphatic heterocycles. The number of likely N-dealkylation sites (N-methyl/N-ethyl adjacent to an activating group) is 1. The Balaban J connectivity index is 2.52. The van der Waals surface area contributed by atoms with Crippen LogP contribution < -0.4 is 10.6 Å². The van der Waals surface area contributed by atoms with Gasteiger partial charge in [0.2, 0.25) is 5.91 Å². The molecule has 0 saturated carbocycles. The molecule has 0 bridgehead atoms. The molecular formula is C10H13N3O4S. The van der Waals surface area contributed by atoms with Crippen molar-refractivity contribution in [2.24, 2.45) is 0 Å². The smallest absolute Gasteiger partial charge is 0.338 e. The second kappa shape index (κ2) is 6.01. The summed E-state index contributed by atoms with van der Waals surface area (Å²) in [7, 11) is 3.15. The number of anilines is 1. The van der Waals surface area contributed by atoms with Crippen molar-refractivity contribution < 1.29 is 19.5 Å². The number of aromatic carboxylic acids is 1. The summed E-state index contributed by atoms with van der Waals surface area (Å²) in [6.07, 6.45) is 0. The van der Waals surface area contributed by atoms with Gasteiger partial charge in [0.25, 0.3) is 0 Å². The van der Waals surface area contributed by atoms with Gasteiger partial charge >= 0.3 is 12.0 Å². The molecule has 0 radical (unpaired) electrons. The summed E-state index contributed by atoms with van der Waals surface area (Å²) in [5.41, 5.74) is 0.0223. The zero-order valence-electron chi connectivity index (χ0n) is 9.89. The molecular weight excluding hydrogens is 258 g/mol. The molecule has 0 aliphatic rings. The third-order valence-corrected chi connectivity index (χ3v) is 2.85. The maximum absolute atomic E-state index is 11.4. The van der Waals surface area contributed by atoms with E-state index in [1.807, 2.05) is 0 Å². The van der Waals surface area contributed by atoms with Crippen molar-refractivity contribution in [3.8, 4) is 0 Å². The van der Waals surface area contributed by atoms with Crippen LogP contribution >= 0.6 is 11.3 Å². The highest BCUT2D eigenvalue weighted by atomic mass is 32.1. The zero-order chi connectivity index (χ0) is 13.7. The van der Waals surface area contributed by atoms with Gasteiger partial charge in [-0.2, -0.15) is 0 Å². The van der Waals surface area contributed by atoms with Crippen LogP contribution in [0.1, 0.15) is 10.4 Å². The number of carboxylic acid groups (broad SMARTS) is 1. The van der Waals surface area contributed by atoms with E-state index in [1.54, 1.807) is 19.5 Å². The van der Waals surface area contributed by atoms with E-state index in [0.29, 0.717) is 0 Å². The SMILES string of the molecule is CN(C)C(=O)CNC(=O)Nc1sccc1C(=O)O. The van der Waals surface area contributed by atoms with Crippen LogP contribution in [0.2, 0.25) is 0 Å². The monoisotopic (exact) mass is 271 g/mol. The first-order valence-corrected chi connectivity index (χ1v) is 5.85. The van der Waals surface area contributed by atoms with Crippen molar-refractivity contribution in [2.45, 2.75) is 0 Å². The van der Waals surface area contributed by atoms with Gasteiger partial charge in [0.05, 0.1) is 12.1 Å². The molecule has 18 heavy (non-hydrogen) atoms. The molecule has 0 fully saturated rings. The maximum atomic E-state index is 11.4. The summed E-state index contributed by atoms with van der Waals surface area (Å²) in [6, 6.07) is 0.781. The number of carboxylic acids is 1. The number of carbonyl (C=O) groups is 3. The Bertz CT molecular complexity index is 469. The normalized spacial score (nSPS) is 9.67. The Morgan fingerprint density at radius 2 is 2.06 bits per heavy atom. The van der Waals surface area contributed by atoms with Crippen LogP contribution in [0.15, 0.2) is 11.4 Å². The molecule has 8 heteroatoms. The number of hydrogen-bond donors (Lipinski definition) is 3. The van der Waals surface area contributed by atoms with Gasteiger partial charge in [-0.15, -0.1) is 11.3 Å². The molecule has 0 atom stereocenters. The molecule has 98 valence electrons. The predicted molar refractivity (Wildman–Crippen MR) is 67.0 cm³/mol. The lowest BCUT2D eigenvalue weighted by Crippen LogP contribution is -2.38. The second-order valence-corrected chi connectivity index (χ2v) is 4.48. The lowest BCUT2D eigenvalue weighted by Gasteiger charge is -2.11. The molecule has 0 spiro atoms. The van der Waals surface area contributed by atoms with Crippen molar-refractivity contribution in [1.82, 2.24) is 10.2 Å². The molecule has 1 heterocycles. The van der Waals surface area contributed by atoms with Crippen LogP contribution in [0.5, 0.6) is 0 Å². The highest BCUT2D eigenvalue weighted by molar-refractivity contribution is 7.14. The Morgan fingerprint density at radius 3 is 2.61 bits per heavy atom. The van der Waals surface area contributed by atoms with E-state index in [1.165, 1.54) is 11.0 Å². The van der Waals surface area contributed by atoms with Crippen LogP contribution in [0.4, 0.5) is 9.80 Å². The van der Waals surface area contributed by atoms with Gasteiger partial charge in [-0.25, -0.2) is 9.59 Å². The average Bonchev–Trinajstić information content (AvgIpc) is 2.73. The number of thiophene rings is 1. The molecule has 0 saturated heterocycles. The molecule has 0 aromatic carbocycles. The number of nitrogens with zero attached hydrogens (tertiary/aromatic N) is 1. The summed E-state index contributed by atoms with van der Waals surface area (Å²) in [4.78, 5) is 34.8. The quantitative estimate of drug-likeness (QED) is 0.749. The van der Waals surface area contributed by atoms with Gasteiger partial charge in [0.1, 0.15) is 5.00 Å². The minimum atomic E-state index is -1.11. The van der Waals surface area contributed by atoms with E-state index >= 15 is 0 Å². The van der Waals surface area contributed by atoms with Crippen molar-refractivity contribution in [1.29, 1.82) is 0 Å². The number of urea groups is 1. The van der Waals surface area contributed by atoms with E-state index < -0.39 is 12.0 Å². The molecule has 1 rings (SSSR count). The van der Waals surface area contributed by atoms with Crippen LogP contribution in [-0.4, -0.2) is 48.6 Å². The fourth-order valence-electron chi connectivity index (χ4n) is 1.04. The van der Waals surface area contributed by atoms with Gasteiger partial charge in [-0.3, -0.25) is 10.1 Å². The fraction of sp³-hybridized carbons (Fsp3) is 0.300. The van der Waals surface area contributed by atoms with Gasteiger partial charge < -0.3 is 15.3 Å². The summed E-state index contributed by atoms with van der Waals surface area (Å²) >= 11 is 1.10. The largest absolute Gasteiger partial charge is 0.478 e. The summed E-state index contributed by atoms with van der Waals surface area (Å²) < 4.78 is 0. The third-order valence-electron chi connectivity index (χ3n) is 2.02. The third kappa shape index (κ3) is 3.74. The molecule has 3 amide bonds. The lowest BCUT2D eigenvalue weighted by molar-refractivity contribution is -0.127. The number of amides is 3. The van der Waals surface area contributed by atoms with Crippen LogP contribution in [0.3, 0.4) is 0 Å². The van der Waals surface area contributed by atoms with Gasteiger partial charge in [-0.1, -0.05) is 0 Å². The molecule has 3 N–H and O–H groups in total. The van der Waals surface area contributed by atoms with Crippen molar-refractivity contribution in [3.63, 3.8) is 0 Å². The first-order chi connectivity index (χ1) is 8.41. The van der Waals surface area contributed by atoms with Crippen LogP contribution in [-0.2, 0) is 4.79 Å². The zero-order valence-corrected chi connectivity index (χ0v) is 10.7. The summed E-state index contributed by atoms with van der Waals surface area (Å²) in [5.74, 6) is -1.37. The minimum Gasteiger partial charge on any atom is -0.478 e. The molecule has 7 nitrogen and oxygen atoms in total. The summed E-state index contributed by atoms with van der Waals surface area (Å²) in [6.45, 7) is -0.146. The molecule has 0 aliphatic carbocycles. The second-order valence-electron chi connectivity index (χ2n) is 3.56. The average molecular weight is 271 g/mol. The Labute approximate surface area is 107 Å². The summed E-state index contributed by atoms with van der Waals surface area (Å²) in [5, 5.41) is 15.3. The predicted octanol–water partition coefficient (Wildman–Crippen LogP) is 0.656. The maximum Gasteiger partial charge on any atom is 0.338 e. The standard InChI is InChI=1S/C10H13N3O4S/c1-13(2)7(14)5-11-10(17)12-8-6(9(15)16)3-4-18-8/h3-4H,5H2,1-2H3,(H,15,16)(H2,11,12,17). The van der Waals surface area contributed by atoms with E-state index in [0.717, 1.165) is 11.3 Å². The van der Waals surface area contributed by atoms with E-state index in [-0.39, 0.29) is 23.0 Å². The van der Waals surface area contributed by atoms with Crippen molar-refractivity contribution >= 4 is 34.2 Å². The lowest BCUT2D eigenvalue weighted by atomic mass is 10.3. The van der Waals surface area contributed by atoms with E-state index in [2.05, 4.69) is 10.6 Å². The number of carbonyl (C=O) groups excluding carboxylic acids is 2. The fourth-order valence-corrected chi connectivity index (χ4v) is 1.81. The highest BCUT2D eigenvalue weighted by Crippen LogP contribution is 2.22. The Morgan fingerprint density at radius 1 is 1.39 bits per heavy atom.